The molecule has 0 heterocycles. The van der Waals surface area contributed by atoms with Crippen LogP contribution >= 0.6 is 12.4 Å². The predicted octanol–water partition coefficient (Wildman–Crippen LogP) is 0.636. The van der Waals surface area contributed by atoms with Gasteiger partial charge >= 0.3 is 0 Å². The van der Waals surface area contributed by atoms with Gasteiger partial charge in [0.05, 0.1) is 0 Å². The fraction of sp³-hybridized carbons (Fsp3) is 0.667. The van der Waals surface area contributed by atoms with Crippen LogP contribution in [0.1, 0.15) is 6.42 Å². The van der Waals surface area contributed by atoms with E-state index in [4.69, 9.17) is 12.2 Å². The Hall–Kier alpha value is -0.190. The molecule has 1 nitrogen and oxygen atoms in total. The Balaban J connectivity index is 0.000000490. The fourth-order valence-corrected chi connectivity index (χ4v) is 0.712. The summed E-state index contributed by atoms with van der Waals surface area (Å²) < 4.78 is 0. The van der Waals surface area contributed by atoms with Crippen molar-refractivity contribution in [3.8, 4) is 12.3 Å². The number of hydrogen-bond donors (Lipinski definition) is 1. The van der Waals surface area contributed by atoms with Crippen LogP contribution in [0, 0.1) is 24.2 Å². The summed E-state index contributed by atoms with van der Waals surface area (Å²) in [5, 5.41) is 0. The zero-order chi connectivity index (χ0) is 5.28. The minimum atomic E-state index is 0. The summed E-state index contributed by atoms with van der Waals surface area (Å²) in [5.41, 5.74) is 5.30. The standard InChI is InChI=1S/C6H9N.ClH/c1-2-5-3-6(5)4-7;/h1,5-6H,3-4,7H2;1H/t5-,6-;/m1./s1. The molecule has 1 rings (SSSR count). The molecular weight excluding hydrogens is 122 g/mol. The van der Waals surface area contributed by atoms with E-state index in [0.717, 1.165) is 13.0 Å². The lowest BCUT2D eigenvalue weighted by Crippen LogP contribution is -2.01. The van der Waals surface area contributed by atoms with E-state index < -0.39 is 0 Å². The second-order valence-electron chi connectivity index (χ2n) is 2.00. The Morgan fingerprint density at radius 2 is 2.38 bits per heavy atom. The van der Waals surface area contributed by atoms with Crippen molar-refractivity contribution in [3.05, 3.63) is 0 Å². The Morgan fingerprint density at radius 1 is 1.75 bits per heavy atom. The highest BCUT2D eigenvalue weighted by atomic mass is 35.5. The molecule has 1 aliphatic carbocycles. The van der Waals surface area contributed by atoms with Crippen LogP contribution < -0.4 is 5.73 Å². The van der Waals surface area contributed by atoms with Gasteiger partial charge in [0.1, 0.15) is 0 Å². The Labute approximate surface area is 56.1 Å². The number of hydrogen-bond acceptors (Lipinski definition) is 1. The van der Waals surface area contributed by atoms with Crippen molar-refractivity contribution in [2.75, 3.05) is 6.54 Å². The number of halogens is 1. The van der Waals surface area contributed by atoms with Gasteiger partial charge in [-0.3, -0.25) is 0 Å². The monoisotopic (exact) mass is 131 g/mol. The first kappa shape index (κ1) is 7.81. The van der Waals surface area contributed by atoms with E-state index in [9.17, 15) is 0 Å². The molecule has 0 aromatic carbocycles. The number of nitrogens with two attached hydrogens (primary N) is 1. The quantitative estimate of drug-likeness (QED) is 0.520. The Kier molecular flexibility index (Phi) is 2.89. The molecule has 0 amide bonds. The van der Waals surface area contributed by atoms with Crippen molar-refractivity contribution in [2.45, 2.75) is 6.42 Å². The molecule has 0 aromatic rings. The highest BCUT2D eigenvalue weighted by Gasteiger charge is 2.33. The molecule has 46 valence electrons. The van der Waals surface area contributed by atoms with E-state index in [1.165, 1.54) is 0 Å². The van der Waals surface area contributed by atoms with Crippen molar-refractivity contribution in [2.24, 2.45) is 17.6 Å². The van der Waals surface area contributed by atoms with Gasteiger partial charge in [-0.15, -0.1) is 24.8 Å². The Bertz CT molecular complexity index is 106. The highest BCUT2D eigenvalue weighted by Crippen LogP contribution is 2.35. The normalized spacial score (nSPS) is 32.5. The van der Waals surface area contributed by atoms with Crippen molar-refractivity contribution < 1.29 is 0 Å². The molecule has 2 heteroatoms. The van der Waals surface area contributed by atoms with E-state index in [1.807, 2.05) is 0 Å². The predicted molar refractivity (Wildman–Crippen MR) is 36.7 cm³/mol. The van der Waals surface area contributed by atoms with Gasteiger partial charge in [0.25, 0.3) is 0 Å². The first-order valence-corrected chi connectivity index (χ1v) is 2.54. The van der Waals surface area contributed by atoms with E-state index in [1.54, 1.807) is 0 Å². The van der Waals surface area contributed by atoms with Crippen LogP contribution in [-0.4, -0.2) is 6.54 Å². The summed E-state index contributed by atoms with van der Waals surface area (Å²) in [4.78, 5) is 0. The van der Waals surface area contributed by atoms with Crippen LogP contribution in [0.2, 0.25) is 0 Å². The molecule has 8 heavy (non-hydrogen) atoms. The zero-order valence-corrected chi connectivity index (χ0v) is 5.45. The second kappa shape index (κ2) is 2.96. The van der Waals surface area contributed by atoms with Gasteiger partial charge in [0.15, 0.2) is 0 Å². The van der Waals surface area contributed by atoms with Crippen LogP contribution in [0.4, 0.5) is 0 Å². The molecule has 2 N–H and O–H groups in total. The van der Waals surface area contributed by atoms with Crippen LogP contribution in [0.3, 0.4) is 0 Å². The maximum atomic E-state index is 5.30. The lowest BCUT2D eigenvalue weighted by atomic mass is 10.3. The summed E-state index contributed by atoms with van der Waals surface area (Å²) in [6.07, 6.45) is 6.25. The summed E-state index contributed by atoms with van der Waals surface area (Å²) in [5.74, 6) is 3.84. The average molecular weight is 132 g/mol. The van der Waals surface area contributed by atoms with Gasteiger partial charge < -0.3 is 5.73 Å². The third-order valence-corrected chi connectivity index (χ3v) is 1.44. The minimum absolute atomic E-state index is 0. The van der Waals surface area contributed by atoms with Crippen molar-refractivity contribution in [3.63, 3.8) is 0 Å². The van der Waals surface area contributed by atoms with E-state index >= 15 is 0 Å². The molecule has 2 atom stereocenters. The fourth-order valence-electron chi connectivity index (χ4n) is 0.712. The zero-order valence-electron chi connectivity index (χ0n) is 4.63. The molecule has 0 aliphatic heterocycles. The maximum absolute atomic E-state index is 5.30. The molecule has 0 aromatic heterocycles. The molecule has 0 spiro atoms. The van der Waals surface area contributed by atoms with E-state index in [-0.39, 0.29) is 12.4 Å². The van der Waals surface area contributed by atoms with Crippen LogP contribution in [0.25, 0.3) is 0 Å². The van der Waals surface area contributed by atoms with Crippen molar-refractivity contribution >= 4 is 12.4 Å². The van der Waals surface area contributed by atoms with Crippen molar-refractivity contribution in [1.82, 2.24) is 0 Å². The van der Waals surface area contributed by atoms with Crippen LogP contribution in [-0.2, 0) is 0 Å². The molecule has 1 fully saturated rings. The molecule has 0 bridgehead atoms. The second-order valence-corrected chi connectivity index (χ2v) is 2.00. The van der Waals surface area contributed by atoms with Gasteiger partial charge in [-0.25, -0.2) is 0 Å². The molecule has 0 saturated heterocycles. The molecule has 1 aliphatic rings. The lowest BCUT2D eigenvalue weighted by Gasteiger charge is -1.80. The minimum Gasteiger partial charge on any atom is -0.330 e. The lowest BCUT2D eigenvalue weighted by molar-refractivity contribution is 0.808. The first-order chi connectivity index (χ1) is 3.38. The van der Waals surface area contributed by atoms with E-state index in [0.29, 0.717) is 11.8 Å². The number of rotatable bonds is 1. The van der Waals surface area contributed by atoms with Crippen LogP contribution in [0.5, 0.6) is 0 Å². The van der Waals surface area contributed by atoms with Gasteiger partial charge in [-0.2, -0.15) is 0 Å². The van der Waals surface area contributed by atoms with Gasteiger partial charge in [-0.05, 0) is 18.9 Å². The summed E-state index contributed by atoms with van der Waals surface area (Å²) >= 11 is 0. The summed E-state index contributed by atoms with van der Waals surface area (Å²) in [6, 6.07) is 0. The molecule has 0 radical (unpaired) electrons. The topological polar surface area (TPSA) is 26.0 Å². The summed E-state index contributed by atoms with van der Waals surface area (Å²) in [6.45, 7) is 0.773. The maximum Gasteiger partial charge on any atom is 0.0244 e. The summed E-state index contributed by atoms with van der Waals surface area (Å²) in [7, 11) is 0. The third kappa shape index (κ3) is 1.40. The average Bonchev–Trinajstić information content (AvgIpc) is 2.43. The molecule has 1 saturated carbocycles. The van der Waals surface area contributed by atoms with Gasteiger partial charge in [0.2, 0.25) is 0 Å². The smallest absolute Gasteiger partial charge is 0.0244 e. The molecule has 0 unspecified atom stereocenters. The van der Waals surface area contributed by atoms with Gasteiger partial charge in [-0.1, -0.05) is 0 Å². The van der Waals surface area contributed by atoms with Gasteiger partial charge in [0, 0.05) is 5.92 Å². The highest BCUT2D eigenvalue weighted by molar-refractivity contribution is 5.85. The first-order valence-electron chi connectivity index (χ1n) is 2.54. The van der Waals surface area contributed by atoms with E-state index in [2.05, 4.69) is 5.92 Å². The number of terminal acetylenes is 1. The van der Waals surface area contributed by atoms with Crippen molar-refractivity contribution in [1.29, 1.82) is 0 Å². The largest absolute Gasteiger partial charge is 0.330 e. The van der Waals surface area contributed by atoms with Crippen LogP contribution in [0.15, 0.2) is 0 Å². The SMILES string of the molecule is C#C[C@@H]1C[C@@H]1CN.Cl. The Morgan fingerprint density at radius 3 is 2.50 bits per heavy atom. The third-order valence-electron chi connectivity index (χ3n) is 1.44. The molecular formula is C6H10ClN.